The number of amides is 1. The summed E-state index contributed by atoms with van der Waals surface area (Å²) in [5, 5.41) is 8.84. The molecule has 0 bridgehead atoms. The van der Waals surface area contributed by atoms with E-state index in [-0.39, 0.29) is 13.0 Å². The second-order valence-corrected chi connectivity index (χ2v) is 6.65. The second-order valence-electron chi connectivity index (χ2n) is 6.65. The van der Waals surface area contributed by atoms with E-state index in [0.29, 0.717) is 22.7 Å². The molecule has 146 valence electrons. The molecule has 1 N–H and O–H groups in total. The average Bonchev–Trinajstić information content (AvgIpc) is 3.18. The Balaban J connectivity index is 1.40. The lowest BCUT2D eigenvalue weighted by Gasteiger charge is -2.11. The molecule has 0 radical (unpaired) electrons. The molecule has 0 aliphatic rings. The van der Waals surface area contributed by atoms with E-state index in [9.17, 15) is 9.59 Å². The quantitative estimate of drug-likeness (QED) is 0.527. The van der Waals surface area contributed by atoms with Gasteiger partial charge in [-0.05, 0) is 25.3 Å². The lowest BCUT2D eigenvalue weighted by Crippen LogP contribution is -2.22. The van der Waals surface area contributed by atoms with Crippen molar-refractivity contribution in [3.8, 4) is 0 Å². The van der Waals surface area contributed by atoms with Crippen LogP contribution in [0.15, 0.2) is 48.8 Å². The van der Waals surface area contributed by atoms with Crippen molar-refractivity contribution in [3.05, 3.63) is 65.7 Å². The molecule has 0 spiro atoms. The van der Waals surface area contributed by atoms with E-state index in [1.54, 1.807) is 11.4 Å². The smallest absolute Gasteiger partial charge is 0.310 e. The van der Waals surface area contributed by atoms with Gasteiger partial charge in [0, 0.05) is 28.0 Å². The van der Waals surface area contributed by atoms with Crippen molar-refractivity contribution >= 4 is 34.1 Å². The maximum atomic E-state index is 12.3. The standard InChI is InChI=1S/C21H19N5O3/c1-13-17(14(2)26-21(24-13)22-12-23-26)10-20(28)29-11-19(27)25-18-9-5-7-15-6-3-4-8-16(15)18/h3-9,12H,10-11H2,1-2H3,(H,25,27). The van der Waals surface area contributed by atoms with Crippen LogP contribution in [-0.4, -0.2) is 38.1 Å². The molecule has 0 atom stereocenters. The number of aryl methyl sites for hydroxylation is 2. The van der Waals surface area contributed by atoms with Gasteiger partial charge in [0.2, 0.25) is 0 Å². The number of hydrogen-bond acceptors (Lipinski definition) is 6. The van der Waals surface area contributed by atoms with Crippen LogP contribution in [0, 0.1) is 13.8 Å². The number of esters is 1. The van der Waals surface area contributed by atoms with Crippen LogP contribution in [0.4, 0.5) is 5.69 Å². The Bertz CT molecular complexity index is 1230. The average molecular weight is 389 g/mol. The first-order chi connectivity index (χ1) is 14.0. The van der Waals surface area contributed by atoms with E-state index in [0.717, 1.165) is 16.5 Å². The van der Waals surface area contributed by atoms with Gasteiger partial charge in [0.25, 0.3) is 11.7 Å². The molecule has 2 aromatic heterocycles. The van der Waals surface area contributed by atoms with E-state index in [1.165, 1.54) is 6.33 Å². The molecule has 2 heterocycles. The Kier molecular flexibility index (Phi) is 4.90. The fourth-order valence-corrected chi connectivity index (χ4v) is 3.27. The van der Waals surface area contributed by atoms with Crippen LogP contribution in [-0.2, 0) is 20.7 Å². The number of nitrogens with zero attached hydrogens (tertiary/aromatic N) is 4. The van der Waals surface area contributed by atoms with E-state index in [2.05, 4.69) is 20.4 Å². The Labute approximate surface area is 166 Å². The molecule has 4 aromatic rings. The number of aromatic nitrogens is 4. The maximum Gasteiger partial charge on any atom is 0.310 e. The summed E-state index contributed by atoms with van der Waals surface area (Å²) in [4.78, 5) is 32.9. The van der Waals surface area contributed by atoms with E-state index in [1.807, 2.05) is 49.4 Å². The van der Waals surface area contributed by atoms with Crippen molar-refractivity contribution in [2.24, 2.45) is 0 Å². The second kappa shape index (κ2) is 7.67. The zero-order chi connectivity index (χ0) is 20.4. The third-order valence-corrected chi connectivity index (χ3v) is 4.74. The summed E-state index contributed by atoms with van der Waals surface area (Å²) < 4.78 is 6.74. The molecule has 0 saturated carbocycles. The summed E-state index contributed by atoms with van der Waals surface area (Å²) in [6.45, 7) is 3.28. The van der Waals surface area contributed by atoms with Crippen molar-refractivity contribution in [1.29, 1.82) is 0 Å². The van der Waals surface area contributed by atoms with Crippen LogP contribution in [0.2, 0.25) is 0 Å². The first-order valence-corrected chi connectivity index (χ1v) is 9.12. The predicted octanol–water partition coefficient (Wildman–Crippen LogP) is 2.62. The summed E-state index contributed by atoms with van der Waals surface area (Å²) in [7, 11) is 0. The number of carbonyl (C=O) groups excluding carboxylic acids is 2. The molecule has 0 aliphatic carbocycles. The van der Waals surface area contributed by atoms with Crippen molar-refractivity contribution < 1.29 is 14.3 Å². The third-order valence-electron chi connectivity index (χ3n) is 4.74. The van der Waals surface area contributed by atoms with Gasteiger partial charge in [-0.15, -0.1) is 0 Å². The minimum atomic E-state index is -0.509. The fraction of sp³-hybridized carbons (Fsp3) is 0.190. The summed E-state index contributed by atoms with van der Waals surface area (Å²) in [6, 6.07) is 13.4. The molecule has 0 fully saturated rings. The molecule has 8 heteroatoms. The third kappa shape index (κ3) is 3.77. The summed E-state index contributed by atoms with van der Waals surface area (Å²) in [5.41, 5.74) is 2.83. The topological polar surface area (TPSA) is 98.5 Å². The Morgan fingerprint density at radius 2 is 1.90 bits per heavy atom. The molecular weight excluding hydrogens is 370 g/mol. The molecule has 0 unspecified atom stereocenters. The Morgan fingerprint density at radius 1 is 1.10 bits per heavy atom. The summed E-state index contributed by atoms with van der Waals surface area (Å²) >= 11 is 0. The first kappa shape index (κ1) is 18.5. The van der Waals surface area contributed by atoms with Gasteiger partial charge < -0.3 is 10.1 Å². The number of carbonyl (C=O) groups is 2. The van der Waals surface area contributed by atoms with Crippen LogP contribution in [0.25, 0.3) is 16.6 Å². The highest BCUT2D eigenvalue weighted by Gasteiger charge is 2.16. The van der Waals surface area contributed by atoms with E-state index < -0.39 is 11.9 Å². The monoisotopic (exact) mass is 389 g/mol. The van der Waals surface area contributed by atoms with Crippen molar-refractivity contribution in [2.45, 2.75) is 20.3 Å². The number of anilines is 1. The van der Waals surface area contributed by atoms with Crippen LogP contribution >= 0.6 is 0 Å². The predicted molar refractivity (Wildman–Crippen MR) is 107 cm³/mol. The molecule has 2 aromatic carbocycles. The first-order valence-electron chi connectivity index (χ1n) is 9.12. The van der Waals surface area contributed by atoms with Gasteiger partial charge in [-0.2, -0.15) is 10.1 Å². The highest BCUT2D eigenvalue weighted by Crippen LogP contribution is 2.22. The molecule has 1 amide bonds. The van der Waals surface area contributed by atoms with Gasteiger partial charge in [0.15, 0.2) is 6.61 Å². The number of ether oxygens (including phenoxy) is 1. The van der Waals surface area contributed by atoms with Gasteiger partial charge >= 0.3 is 5.97 Å². The summed E-state index contributed by atoms with van der Waals surface area (Å²) in [6.07, 6.45) is 1.41. The van der Waals surface area contributed by atoms with Crippen LogP contribution in [0.1, 0.15) is 17.0 Å². The van der Waals surface area contributed by atoms with Crippen LogP contribution < -0.4 is 5.32 Å². The van der Waals surface area contributed by atoms with Gasteiger partial charge in [-0.25, -0.2) is 9.50 Å². The zero-order valence-electron chi connectivity index (χ0n) is 16.0. The van der Waals surface area contributed by atoms with Gasteiger partial charge in [-0.3, -0.25) is 9.59 Å². The van der Waals surface area contributed by atoms with Gasteiger partial charge in [0.1, 0.15) is 6.33 Å². The molecule has 0 saturated heterocycles. The van der Waals surface area contributed by atoms with Gasteiger partial charge in [-0.1, -0.05) is 36.4 Å². The highest BCUT2D eigenvalue weighted by atomic mass is 16.5. The SMILES string of the molecule is Cc1nc2ncnn2c(C)c1CC(=O)OCC(=O)Nc1cccc2ccccc12. The Morgan fingerprint density at radius 3 is 2.76 bits per heavy atom. The lowest BCUT2D eigenvalue weighted by atomic mass is 10.1. The lowest BCUT2D eigenvalue weighted by molar-refractivity contribution is -0.146. The molecule has 8 nitrogen and oxygen atoms in total. The maximum absolute atomic E-state index is 12.3. The summed E-state index contributed by atoms with van der Waals surface area (Å²) in [5.74, 6) is -0.426. The van der Waals surface area contributed by atoms with Crippen molar-refractivity contribution in [2.75, 3.05) is 11.9 Å². The number of rotatable bonds is 5. The zero-order valence-corrected chi connectivity index (χ0v) is 16.0. The van der Waals surface area contributed by atoms with Crippen molar-refractivity contribution in [3.63, 3.8) is 0 Å². The number of nitrogens with one attached hydrogen (secondary N) is 1. The highest BCUT2D eigenvalue weighted by molar-refractivity contribution is 6.02. The molecule has 0 aliphatic heterocycles. The normalized spacial score (nSPS) is 11.0. The number of benzene rings is 2. The molecular formula is C21H19N5O3. The van der Waals surface area contributed by atoms with Crippen LogP contribution in [0.5, 0.6) is 0 Å². The molecule has 29 heavy (non-hydrogen) atoms. The Hall–Kier alpha value is -3.81. The number of fused-ring (bicyclic) bond motifs is 2. The minimum Gasteiger partial charge on any atom is -0.455 e. The fourth-order valence-electron chi connectivity index (χ4n) is 3.27. The molecule has 4 rings (SSSR count). The van der Waals surface area contributed by atoms with Gasteiger partial charge in [0.05, 0.1) is 6.42 Å². The number of hydrogen-bond donors (Lipinski definition) is 1. The van der Waals surface area contributed by atoms with E-state index in [4.69, 9.17) is 4.74 Å². The van der Waals surface area contributed by atoms with Crippen molar-refractivity contribution in [1.82, 2.24) is 19.6 Å². The largest absolute Gasteiger partial charge is 0.455 e. The minimum absolute atomic E-state index is 0.00200. The van der Waals surface area contributed by atoms with E-state index >= 15 is 0 Å². The van der Waals surface area contributed by atoms with Crippen LogP contribution in [0.3, 0.4) is 0 Å².